The average Bonchev–Trinajstić information content (AvgIpc) is 2.66. The molecule has 0 saturated carbocycles. The smallest absolute Gasteiger partial charge is 0.351 e. The van der Waals surface area contributed by atoms with E-state index in [2.05, 4.69) is 9.36 Å². The zero-order chi connectivity index (χ0) is 14.0. The maximum atomic E-state index is 11.7. The summed E-state index contributed by atoms with van der Waals surface area (Å²) < 4.78 is 8.80. The van der Waals surface area contributed by atoms with Crippen LogP contribution in [0, 0.1) is 0 Å². The summed E-state index contributed by atoms with van der Waals surface area (Å²) in [4.78, 5) is 15.7. The number of carbonyl (C=O) groups is 1. The fraction of sp³-hybridized carbons (Fsp3) is 0.100. The average molecular weight is 358 g/mol. The SMILES string of the molecule is O=C(OCc1cc(Cl)nc(Cl)c1)c1snc(Cl)c1Cl. The number of esters is 1. The standard InChI is InChI=1S/C10H4Cl4N2O2S/c11-5-1-4(2-6(12)15-5)3-18-10(17)8-7(13)9(14)16-19-8/h1-2H,3H2. The Hall–Kier alpha value is -0.590. The summed E-state index contributed by atoms with van der Waals surface area (Å²) in [6.07, 6.45) is 0. The zero-order valence-corrected chi connectivity index (χ0v) is 12.8. The molecule has 2 aromatic heterocycles. The van der Waals surface area contributed by atoms with Crippen LogP contribution in [0.4, 0.5) is 0 Å². The van der Waals surface area contributed by atoms with Gasteiger partial charge >= 0.3 is 5.97 Å². The van der Waals surface area contributed by atoms with Gasteiger partial charge in [-0.05, 0) is 29.2 Å². The summed E-state index contributed by atoms with van der Waals surface area (Å²) >= 11 is 23.8. The monoisotopic (exact) mass is 356 g/mol. The Labute approximate surface area is 132 Å². The molecule has 0 aliphatic rings. The number of aromatic nitrogens is 2. The molecule has 0 fully saturated rings. The van der Waals surface area contributed by atoms with E-state index in [9.17, 15) is 4.79 Å². The highest BCUT2D eigenvalue weighted by molar-refractivity contribution is 7.09. The van der Waals surface area contributed by atoms with E-state index in [-0.39, 0.29) is 32.0 Å². The van der Waals surface area contributed by atoms with Crippen molar-refractivity contribution in [2.45, 2.75) is 6.61 Å². The number of hydrogen-bond acceptors (Lipinski definition) is 5. The third-order valence-electron chi connectivity index (χ3n) is 1.98. The van der Waals surface area contributed by atoms with Gasteiger partial charge in [-0.2, -0.15) is 4.37 Å². The lowest BCUT2D eigenvalue weighted by Gasteiger charge is -2.04. The Morgan fingerprint density at radius 3 is 2.37 bits per heavy atom. The molecule has 0 radical (unpaired) electrons. The third-order valence-corrected chi connectivity index (χ3v) is 4.14. The van der Waals surface area contributed by atoms with Crippen LogP contribution >= 0.6 is 57.9 Å². The topological polar surface area (TPSA) is 52.1 Å². The molecule has 0 unspecified atom stereocenters. The van der Waals surface area contributed by atoms with Crippen LogP contribution in [0.5, 0.6) is 0 Å². The van der Waals surface area contributed by atoms with Crippen molar-refractivity contribution in [3.05, 3.63) is 43.1 Å². The number of hydrogen-bond donors (Lipinski definition) is 0. The van der Waals surface area contributed by atoms with Gasteiger partial charge in [0, 0.05) is 0 Å². The van der Waals surface area contributed by atoms with Crippen LogP contribution in [0.1, 0.15) is 15.2 Å². The largest absolute Gasteiger partial charge is 0.457 e. The van der Waals surface area contributed by atoms with E-state index >= 15 is 0 Å². The molecule has 19 heavy (non-hydrogen) atoms. The summed E-state index contributed by atoms with van der Waals surface area (Å²) in [5.41, 5.74) is 0.616. The molecule has 9 heteroatoms. The van der Waals surface area contributed by atoms with Gasteiger partial charge in [0.1, 0.15) is 21.9 Å². The first kappa shape index (κ1) is 14.8. The molecule has 0 bridgehead atoms. The van der Waals surface area contributed by atoms with E-state index in [1.165, 1.54) is 0 Å². The van der Waals surface area contributed by atoms with E-state index in [4.69, 9.17) is 51.1 Å². The minimum absolute atomic E-state index is 0.00730. The molecule has 0 aliphatic heterocycles. The highest BCUT2D eigenvalue weighted by Crippen LogP contribution is 2.29. The lowest BCUT2D eigenvalue weighted by atomic mass is 10.3. The van der Waals surface area contributed by atoms with E-state index < -0.39 is 5.97 Å². The molecule has 0 amide bonds. The second kappa shape index (κ2) is 6.24. The van der Waals surface area contributed by atoms with Crippen molar-refractivity contribution in [2.75, 3.05) is 0 Å². The minimum Gasteiger partial charge on any atom is -0.457 e. The van der Waals surface area contributed by atoms with Crippen LogP contribution in [-0.2, 0) is 11.3 Å². The van der Waals surface area contributed by atoms with E-state index in [1.54, 1.807) is 12.1 Å². The molecule has 2 heterocycles. The van der Waals surface area contributed by atoms with Crippen molar-refractivity contribution in [1.82, 2.24) is 9.36 Å². The fourth-order valence-corrected chi connectivity index (χ4v) is 2.80. The number of ether oxygens (including phenoxy) is 1. The predicted molar refractivity (Wildman–Crippen MR) is 75.5 cm³/mol. The van der Waals surface area contributed by atoms with Crippen LogP contribution in [0.3, 0.4) is 0 Å². The maximum Gasteiger partial charge on any atom is 0.351 e. The van der Waals surface area contributed by atoms with Gasteiger partial charge in [-0.3, -0.25) is 0 Å². The number of rotatable bonds is 3. The van der Waals surface area contributed by atoms with Gasteiger partial charge in [-0.1, -0.05) is 46.4 Å². The number of pyridine rings is 1. The van der Waals surface area contributed by atoms with E-state index in [0.29, 0.717) is 5.56 Å². The summed E-state index contributed by atoms with van der Waals surface area (Å²) in [7, 11) is 0. The molecule has 0 aliphatic carbocycles. The summed E-state index contributed by atoms with van der Waals surface area (Å²) in [5.74, 6) is -0.613. The Morgan fingerprint density at radius 1 is 1.21 bits per heavy atom. The van der Waals surface area contributed by atoms with Crippen molar-refractivity contribution < 1.29 is 9.53 Å². The van der Waals surface area contributed by atoms with Gasteiger partial charge < -0.3 is 4.74 Å². The van der Waals surface area contributed by atoms with Crippen LogP contribution in [0.25, 0.3) is 0 Å². The maximum absolute atomic E-state index is 11.7. The Morgan fingerprint density at radius 2 is 1.84 bits per heavy atom. The van der Waals surface area contributed by atoms with Crippen LogP contribution in [-0.4, -0.2) is 15.3 Å². The molecule has 0 saturated heterocycles. The third kappa shape index (κ3) is 3.70. The molecular weight excluding hydrogens is 354 g/mol. The van der Waals surface area contributed by atoms with Crippen molar-refractivity contribution in [3.8, 4) is 0 Å². The van der Waals surface area contributed by atoms with Gasteiger partial charge in [-0.25, -0.2) is 9.78 Å². The quantitative estimate of drug-likeness (QED) is 0.599. The van der Waals surface area contributed by atoms with Crippen LogP contribution < -0.4 is 0 Å². The predicted octanol–water partition coefficient (Wildman–Crippen LogP) is 4.51. The molecule has 0 aromatic carbocycles. The highest BCUT2D eigenvalue weighted by Gasteiger charge is 2.18. The molecule has 2 aromatic rings. The van der Waals surface area contributed by atoms with Gasteiger partial charge in [0.2, 0.25) is 0 Å². The van der Waals surface area contributed by atoms with Crippen LogP contribution in [0.2, 0.25) is 20.5 Å². The fourth-order valence-electron chi connectivity index (χ4n) is 1.20. The summed E-state index contributed by atoms with van der Waals surface area (Å²) in [5, 5.41) is 0.603. The molecule has 0 atom stereocenters. The van der Waals surface area contributed by atoms with E-state index in [0.717, 1.165) is 11.5 Å². The van der Waals surface area contributed by atoms with Crippen molar-refractivity contribution in [1.29, 1.82) is 0 Å². The molecule has 4 nitrogen and oxygen atoms in total. The Bertz CT molecular complexity index is 612. The Balaban J connectivity index is 2.06. The van der Waals surface area contributed by atoms with Gasteiger partial charge in [0.15, 0.2) is 10.0 Å². The lowest BCUT2D eigenvalue weighted by molar-refractivity contribution is 0.0478. The summed E-state index contributed by atoms with van der Waals surface area (Å²) in [6.45, 7) is -0.00730. The minimum atomic E-state index is -0.613. The van der Waals surface area contributed by atoms with E-state index in [1.807, 2.05) is 0 Å². The molecule has 2 rings (SSSR count). The first-order valence-corrected chi connectivity index (χ1v) is 7.05. The zero-order valence-electron chi connectivity index (χ0n) is 8.99. The molecule has 0 spiro atoms. The van der Waals surface area contributed by atoms with Crippen LogP contribution in [0.15, 0.2) is 12.1 Å². The van der Waals surface area contributed by atoms with Gasteiger partial charge in [-0.15, -0.1) is 0 Å². The van der Waals surface area contributed by atoms with Crippen molar-refractivity contribution in [2.24, 2.45) is 0 Å². The first-order chi connectivity index (χ1) is 8.97. The van der Waals surface area contributed by atoms with Crippen molar-refractivity contribution in [3.63, 3.8) is 0 Å². The summed E-state index contributed by atoms with van der Waals surface area (Å²) in [6, 6.07) is 3.09. The second-order valence-corrected chi connectivity index (χ2v) is 5.60. The normalized spacial score (nSPS) is 10.5. The number of carbonyl (C=O) groups excluding carboxylic acids is 1. The molecule has 0 N–H and O–H groups in total. The Kier molecular flexibility index (Phi) is 4.86. The first-order valence-electron chi connectivity index (χ1n) is 4.77. The van der Waals surface area contributed by atoms with Crippen molar-refractivity contribution >= 4 is 63.9 Å². The number of nitrogens with zero attached hydrogens (tertiary/aromatic N) is 2. The molecular formula is C10H4Cl4N2O2S. The molecule has 100 valence electrons. The number of halogens is 4. The second-order valence-electron chi connectivity index (χ2n) is 3.31. The highest BCUT2D eigenvalue weighted by atomic mass is 35.5. The lowest BCUT2D eigenvalue weighted by Crippen LogP contribution is -2.04. The van der Waals surface area contributed by atoms with Gasteiger partial charge in [0.25, 0.3) is 0 Å². The van der Waals surface area contributed by atoms with Gasteiger partial charge in [0.05, 0.1) is 0 Å².